The molecule has 0 aliphatic heterocycles. The van der Waals surface area contributed by atoms with Gasteiger partial charge in [-0.25, -0.2) is 0 Å². The van der Waals surface area contributed by atoms with Crippen molar-refractivity contribution in [1.29, 1.82) is 0 Å². The summed E-state index contributed by atoms with van der Waals surface area (Å²) in [6.45, 7) is 2.01. The lowest BCUT2D eigenvalue weighted by Gasteiger charge is -2.27. The zero-order chi connectivity index (χ0) is 13.4. The number of rotatable bonds is 4. The molecule has 2 fully saturated rings. The highest BCUT2D eigenvalue weighted by Gasteiger charge is 2.39. The van der Waals surface area contributed by atoms with Crippen molar-refractivity contribution in [2.45, 2.75) is 32.2 Å². The highest BCUT2D eigenvalue weighted by molar-refractivity contribution is 9.10. The number of benzene rings is 1. The predicted molar refractivity (Wildman–Crippen MR) is 81.1 cm³/mol. The number of halogens is 1. The van der Waals surface area contributed by atoms with E-state index in [0.717, 1.165) is 34.3 Å². The number of aromatic hydroxyl groups is 1. The number of hydrogen-bond acceptors (Lipinski definition) is 2. The summed E-state index contributed by atoms with van der Waals surface area (Å²) in [6, 6.07) is 5.67. The van der Waals surface area contributed by atoms with Gasteiger partial charge in [0, 0.05) is 23.1 Å². The Morgan fingerprint density at radius 3 is 2.84 bits per heavy atom. The molecule has 2 aliphatic rings. The van der Waals surface area contributed by atoms with E-state index in [2.05, 4.69) is 27.9 Å². The molecule has 0 spiro atoms. The van der Waals surface area contributed by atoms with Crippen molar-refractivity contribution in [3.8, 4) is 5.75 Å². The molecule has 2 aliphatic carbocycles. The first-order valence-electron chi connectivity index (χ1n) is 7.27. The van der Waals surface area contributed by atoms with Crippen LogP contribution in [0.3, 0.4) is 0 Å². The van der Waals surface area contributed by atoms with Crippen LogP contribution in [0, 0.1) is 17.8 Å². The van der Waals surface area contributed by atoms with Gasteiger partial charge in [-0.15, -0.1) is 0 Å². The molecule has 3 rings (SSSR count). The Labute approximate surface area is 123 Å². The van der Waals surface area contributed by atoms with E-state index in [1.807, 2.05) is 12.1 Å². The fourth-order valence-electron chi connectivity index (χ4n) is 4.04. The third-order valence-electron chi connectivity index (χ3n) is 4.91. The summed E-state index contributed by atoms with van der Waals surface area (Å²) in [4.78, 5) is 2.37. The van der Waals surface area contributed by atoms with Gasteiger partial charge in [0.25, 0.3) is 0 Å². The van der Waals surface area contributed by atoms with Crippen LogP contribution in [0.1, 0.15) is 31.2 Å². The van der Waals surface area contributed by atoms with Gasteiger partial charge in [0.2, 0.25) is 0 Å². The maximum Gasteiger partial charge on any atom is 0.120 e. The van der Waals surface area contributed by atoms with Gasteiger partial charge in [0.05, 0.1) is 0 Å². The molecule has 3 atom stereocenters. The van der Waals surface area contributed by atoms with E-state index in [0.29, 0.717) is 5.75 Å². The number of nitrogens with zero attached hydrogens (tertiary/aromatic N) is 1. The third-order valence-corrected chi connectivity index (χ3v) is 5.41. The van der Waals surface area contributed by atoms with E-state index in [9.17, 15) is 5.11 Å². The third kappa shape index (κ3) is 2.97. The lowest BCUT2D eigenvalue weighted by Crippen LogP contribution is -2.28. The molecule has 3 heteroatoms. The molecule has 1 aromatic rings. The molecule has 2 saturated carbocycles. The molecule has 0 amide bonds. The molecule has 0 aromatic heterocycles. The molecule has 2 bridgehead atoms. The van der Waals surface area contributed by atoms with Gasteiger partial charge in [-0.2, -0.15) is 0 Å². The summed E-state index contributed by atoms with van der Waals surface area (Å²) in [6.07, 6.45) is 5.82. The van der Waals surface area contributed by atoms with E-state index < -0.39 is 0 Å². The fourth-order valence-corrected chi connectivity index (χ4v) is 4.44. The van der Waals surface area contributed by atoms with Crippen molar-refractivity contribution in [3.63, 3.8) is 0 Å². The van der Waals surface area contributed by atoms with Gasteiger partial charge in [-0.1, -0.05) is 22.4 Å². The zero-order valence-corrected chi connectivity index (χ0v) is 13.1. The number of phenolic OH excluding ortho intramolecular Hbond substituents is 1. The minimum Gasteiger partial charge on any atom is -0.508 e. The predicted octanol–water partition coefficient (Wildman–Crippen LogP) is 4.02. The van der Waals surface area contributed by atoms with Crippen LogP contribution in [0.25, 0.3) is 0 Å². The van der Waals surface area contributed by atoms with E-state index in [1.165, 1.54) is 32.2 Å². The Morgan fingerprint density at radius 2 is 2.16 bits per heavy atom. The van der Waals surface area contributed by atoms with Crippen LogP contribution < -0.4 is 0 Å². The Balaban J connectivity index is 1.59. The summed E-state index contributed by atoms with van der Waals surface area (Å²) >= 11 is 3.47. The van der Waals surface area contributed by atoms with E-state index in [-0.39, 0.29) is 0 Å². The molecule has 19 heavy (non-hydrogen) atoms. The Bertz CT molecular complexity index is 462. The highest BCUT2D eigenvalue weighted by atomic mass is 79.9. The molecule has 1 aromatic carbocycles. The van der Waals surface area contributed by atoms with Crippen LogP contribution in [0.4, 0.5) is 0 Å². The molecule has 0 radical (unpaired) electrons. The maximum atomic E-state index is 9.90. The molecular weight excluding hydrogens is 302 g/mol. The average molecular weight is 324 g/mol. The van der Waals surface area contributed by atoms with Crippen LogP contribution in [-0.4, -0.2) is 23.6 Å². The zero-order valence-electron chi connectivity index (χ0n) is 11.5. The van der Waals surface area contributed by atoms with Crippen LogP contribution in [0.5, 0.6) is 5.75 Å². The molecule has 104 valence electrons. The van der Waals surface area contributed by atoms with E-state index in [1.54, 1.807) is 6.07 Å². The van der Waals surface area contributed by atoms with Crippen LogP contribution in [0.2, 0.25) is 0 Å². The van der Waals surface area contributed by atoms with Crippen molar-refractivity contribution in [1.82, 2.24) is 4.90 Å². The average Bonchev–Trinajstić information content (AvgIpc) is 2.96. The Morgan fingerprint density at radius 1 is 1.32 bits per heavy atom. The van der Waals surface area contributed by atoms with Crippen molar-refractivity contribution in [2.75, 3.05) is 13.6 Å². The number of fused-ring (bicyclic) bond motifs is 2. The lowest BCUT2D eigenvalue weighted by atomic mass is 9.88. The number of hydrogen-bond donors (Lipinski definition) is 1. The smallest absolute Gasteiger partial charge is 0.120 e. The second-order valence-corrected chi connectivity index (χ2v) is 7.32. The molecule has 0 heterocycles. The van der Waals surface area contributed by atoms with Crippen molar-refractivity contribution in [3.05, 3.63) is 28.2 Å². The first-order chi connectivity index (χ1) is 9.11. The van der Waals surface area contributed by atoms with Gasteiger partial charge >= 0.3 is 0 Å². The summed E-state index contributed by atoms with van der Waals surface area (Å²) in [5, 5.41) is 9.90. The van der Waals surface area contributed by atoms with E-state index >= 15 is 0 Å². The van der Waals surface area contributed by atoms with Crippen molar-refractivity contribution < 1.29 is 5.11 Å². The Kier molecular flexibility index (Phi) is 3.86. The summed E-state index contributed by atoms with van der Waals surface area (Å²) in [5.41, 5.74) is 1.01. The fraction of sp³-hybridized carbons (Fsp3) is 0.625. The summed E-state index contributed by atoms with van der Waals surface area (Å²) in [5.74, 6) is 3.28. The standard InChI is InChI=1S/C16H22BrNO/c1-18(9-13-7-11-2-3-12(13)6-11)10-14-8-15(17)4-5-16(14)19/h4-5,8,11-13,19H,2-3,6-7,9-10H2,1H3. The number of phenols is 1. The van der Waals surface area contributed by atoms with Gasteiger partial charge in [-0.05, 0) is 62.3 Å². The molecule has 0 saturated heterocycles. The topological polar surface area (TPSA) is 23.5 Å². The maximum absolute atomic E-state index is 9.90. The van der Waals surface area contributed by atoms with Crippen LogP contribution >= 0.6 is 15.9 Å². The second kappa shape index (κ2) is 5.45. The van der Waals surface area contributed by atoms with Crippen molar-refractivity contribution >= 4 is 15.9 Å². The lowest BCUT2D eigenvalue weighted by molar-refractivity contribution is 0.213. The SMILES string of the molecule is CN(Cc1cc(Br)ccc1O)CC1CC2CCC1C2. The summed E-state index contributed by atoms with van der Waals surface area (Å²) in [7, 11) is 2.17. The quantitative estimate of drug-likeness (QED) is 0.904. The second-order valence-electron chi connectivity index (χ2n) is 6.40. The molecular formula is C16H22BrNO. The van der Waals surface area contributed by atoms with Gasteiger partial charge in [-0.3, -0.25) is 0 Å². The van der Waals surface area contributed by atoms with Gasteiger partial charge in [0.1, 0.15) is 5.75 Å². The molecule has 1 N–H and O–H groups in total. The normalized spacial score (nSPS) is 29.3. The first kappa shape index (κ1) is 13.4. The Hall–Kier alpha value is -0.540. The van der Waals surface area contributed by atoms with Gasteiger partial charge in [0.15, 0.2) is 0 Å². The van der Waals surface area contributed by atoms with Gasteiger partial charge < -0.3 is 10.0 Å². The minimum atomic E-state index is 0.406. The minimum absolute atomic E-state index is 0.406. The van der Waals surface area contributed by atoms with E-state index in [4.69, 9.17) is 0 Å². The van der Waals surface area contributed by atoms with Crippen molar-refractivity contribution in [2.24, 2.45) is 17.8 Å². The largest absolute Gasteiger partial charge is 0.508 e. The highest BCUT2D eigenvalue weighted by Crippen LogP contribution is 2.48. The summed E-state index contributed by atoms with van der Waals surface area (Å²) < 4.78 is 1.04. The first-order valence-corrected chi connectivity index (χ1v) is 8.07. The van der Waals surface area contributed by atoms with Crippen LogP contribution in [0.15, 0.2) is 22.7 Å². The monoisotopic (exact) mass is 323 g/mol. The van der Waals surface area contributed by atoms with Crippen LogP contribution in [-0.2, 0) is 6.54 Å². The molecule has 3 unspecified atom stereocenters. The molecule has 2 nitrogen and oxygen atoms in total.